The van der Waals surface area contributed by atoms with Crippen molar-refractivity contribution in [3.63, 3.8) is 0 Å². The maximum Gasteiger partial charge on any atom is 0.433 e. The third kappa shape index (κ3) is 4.82. The summed E-state index contributed by atoms with van der Waals surface area (Å²) in [5.41, 5.74) is -2.51. The first-order valence-electron chi connectivity index (χ1n) is 10.2. The Morgan fingerprint density at radius 3 is 2.28 bits per heavy atom. The number of rotatable bonds is 6. The molecule has 0 aliphatic carbocycles. The summed E-state index contributed by atoms with van der Waals surface area (Å²) in [4.78, 5) is 11.6. The molecule has 0 aliphatic rings. The van der Waals surface area contributed by atoms with Gasteiger partial charge in [-0.05, 0) is 23.8 Å². The van der Waals surface area contributed by atoms with Crippen LogP contribution in [0.1, 0.15) is 29.4 Å². The van der Waals surface area contributed by atoms with E-state index in [-0.39, 0.29) is 43.6 Å². The zero-order valence-electron chi connectivity index (χ0n) is 18.6. The number of pyridine rings is 2. The summed E-state index contributed by atoms with van der Waals surface area (Å²) in [5, 5.41) is 11.8. The van der Waals surface area contributed by atoms with Crippen molar-refractivity contribution in [1.29, 1.82) is 0 Å². The van der Waals surface area contributed by atoms with Crippen molar-refractivity contribution in [2.45, 2.75) is 24.6 Å². The van der Waals surface area contributed by atoms with Crippen LogP contribution in [0.4, 0.5) is 22.0 Å². The summed E-state index contributed by atoms with van der Waals surface area (Å²) >= 11 is 12.5. The molecule has 0 spiro atoms. The molecule has 3 heterocycles. The molecule has 190 valence electrons. The molecule has 0 aliphatic heterocycles. The SMILES string of the molecule is Cn1cncc1C(O)(c1ccc(C(F)(F)F)nc1)c1ccc2nc(Cl)c(OCC(C)(F)F)c(Cl)c2c1. The number of hydrogen-bond acceptors (Lipinski definition) is 5. The van der Waals surface area contributed by atoms with E-state index in [2.05, 4.69) is 15.0 Å². The number of aliphatic hydroxyl groups is 1. The maximum atomic E-state index is 13.3. The predicted octanol–water partition coefficient (Wildman–Crippen LogP) is 6.01. The molecule has 0 saturated heterocycles. The topological polar surface area (TPSA) is 73.1 Å². The van der Waals surface area contributed by atoms with Crippen LogP contribution in [0.3, 0.4) is 0 Å². The number of alkyl halides is 5. The van der Waals surface area contributed by atoms with Gasteiger partial charge < -0.3 is 14.4 Å². The Labute approximate surface area is 211 Å². The van der Waals surface area contributed by atoms with Crippen LogP contribution < -0.4 is 4.74 Å². The minimum Gasteiger partial charge on any atom is -0.482 e. The quantitative estimate of drug-likeness (QED) is 0.237. The Morgan fingerprint density at radius 2 is 1.72 bits per heavy atom. The van der Waals surface area contributed by atoms with E-state index in [1.54, 1.807) is 7.05 Å². The first-order chi connectivity index (χ1) is 16.7. The van der Waals surface area contributed by atoms with E-state index in [0.29, 0.717) is 6.92 Å². The van der Waals surface area contributed by atoms with Crippen molar-refractivity contribution >= 4 is 34.1 Å². The summed E-state index contributed by atoms with van der Waals surface area (Å²) in [5.74, 6) is -3.44. The number of fused-ring (bicyclic) bond motifs is 1. The van der Waals surface area contributed by atoms with Crippen LogP contribution in [0, 0.1) is 0 Å². The van der Waals surface area contributed by atoms with Crippen LogP contribution in [0.25, 0.3) is 10.9 Å². The fourth-order valence-electron chi connectivity index (χ4n) is 3.67. The molecule has 1 N–H and O–H groups in total. The highest BCUT2D eigenvalue weighted by Gasteiger charge is 2.39. The minimum absolute atomic E-state index is 0.0126. The monoisotopic (exact) mass is 546 g/mol. The van der Waals surface area contributed by atoms with Gasteiger partial charge >= 0.3 is 6.18 Å². The van der Waals surface area contributed by atoms with Gasteiger partial charge in [0, 0.05) is 31.1 Å². The van der Waals surface area contributed by atoms with Gasteiger partial charge in [-0.25, -0.2) is 18.7 Å². The molecule has 0 fully saturated rings. The Kier molecular flexibility index (Phi) is 6.61. The van der Waals surface area contributed by atoms with Gasteiger partial charge in [0.05, 0.1) is 28.8 Å². The first-order valence-corrected chi connectivity index (χ1v) is 11.0. The van der Waals surface area contributed by atoms with Gasteiger partial charge in [0.2, 0.25) is 0 Å². The Hall–Kier alpha value is -3.02. The van der Waals surface area contributed by atoms with Gasteiger partial charge in [-0.3, -0.25) is 4.98 Å². The molecule has 0 radical (unpaired) electrons. The number of nitrogens with zero attached hydrogens (tertiary/aromatic N) is 4. The standard InChI is InChI=1S/C23H17Cl2F5N4O2/c1-21(26,27)10-36-19-18(24)14-7-12(3-5-15(14)33-20(19)25)22(35,17-9-31-11-34(17)2)13-4-6-16(32-8-13)23(28,29)30/h3-9,11,35H,10H2,1-2H3. The molecule has 13 heteroatoms. The molecule has 6 nitrogen and oxygen atoms in total. The summed E-state index contributed by atoms with van der Waals surface area (Å²) in [6.45, 7) is -0.344. The Morgan fingerprint density at radius 1 is 1.03 bits per heavy atom. The van der Waals surface area contributed by atoms with E-state index >= 15 is 0 Å². The fraction of sp³-hybridized carbons (Fsp3) is 0.261. The van der Waals surface area contributed by atoms with Crippen LogP contribution >= 0.6 is 23.2 Å². The highest BCUT2D eigenvalue weighted by atomic mass is 35.5. The molecule has 0 bridgehead atoms. The molecule has 0 saturated carbocycles. The average Bonchev–Trinajstić information content (AvgIpc) is 3.23. The number of benzene rings is 1. The van der Waals surface area contributed by atoms with E-state index in [1.807, 2.05) is 0 Å². The third-order valence-corrected chi connectivity index (χ3v) is 6.02. The molecular weight excluding hydrogens is 530 g/mol. The smallest absolute Gasteiger partial charge is 0.433 e. The molecule has 1 unspecified atom stereocenters. The van der Waals surface area contributed by atoms with E-state index in [1.165, 1.54) is 35.3 Å². The largest absolute Gasteiger partial charge is 0.482 e. The lowest BCUT2D eigenvalue weighted by atomic mass is 9.83. The lowest BCUT2D eigenvalue weighted by Crippen LogP contribution is -2.31. The first kappa shape index (κ1) is 26.1. The van der Waals surface area contributed by atoms with E-state index in [9.17, 15) is 27.1 Å². The van der Waals surface area contributed by atoms with Crippen molar-refractivity contribution in [1.82, 2.24) is 19.5 Å². The van der Waals surface area contributed by atoms with E-state index in [0.717, 1.165) is 18.3 Å². The van der Waals surface area contributed by atoms with Crippen LogP contribution in [0.5, 0.6) is 5.75 Å². The van der Waals surface area contributed by atoms with E-state index in [4.69, 9.17) is 27.9 Å². The van der Waals surface area contributed by atoms with Crippen molar-refractivity contribution in [2.24, 2.45) is 7.05 Å². The van der Waals surface area contributed by atoms with Crippen molar-refractivity contribution in [3.8, 4) is 5.75 Å². The van der Waals surface area contributed by atoms with Gasteiger partial charge in [0.25, 0.3) is 5.92 Å². The Bertz CT molecular complexity index is 1420. The van der Waals surface area contributed by atoms with Gasteiger partial charge in [-0.1, -0.05) is 35.3 Å². The van der Waals surface area contributed by atoms with Gasteiger partial charge in [0.1, 0.15) is 5.69 Å². The second-order valence-electron chi connectivity index (χ2n) is 8.17. The zero-order chi connectivity index (χ0) is 26.5. The van der Waals surface area contributed by atoms with Crippen LogP contribution in [-0.2, 0) is 18.8 Å². The molecule has 1 aromatic carbocycles. The maximum absolute atomic E-state index is 13.3. The lowest BCUT2D eigenvalue weighted by Gasteiger charge is -2.30. The number of aryl methyl sites for hydroxylation is 1. The molecule has 36 heavy (non-hydrogen) atoms. The number of imidazole rings is 1. The Balaban J connectivity index is 1.91. The number of aromatic nitrogens is 4. The molecule has 4 aromatic rings. The molecule has 0 amide bonds. The van der Waals surface area contributed by atoms with Crippen LogP contribution in [-0.4, -0.2) is 37.2 Å². The number of ether oxygens (including phenoxy) is 1. The molecule has 1 atom stereocenters. The average molecular weight is 547 g/mol. The summed E-state index contributed by atoms with van der Waals surface area (Å²) < 4.78 is 72.5. The van der Waals surface area contributed by atoms with Crippen molar-refractivity contribution in [3.05, 3.63) is 81.7 Å². The second kappa shape index (κ2) is 9.13. The van der Waals surface area contributed by atoms with Gasteiger partial charge in [0.15, 0.2) is 23.1 Å². The second-order valence-corrected chi connectivity index (χ2v) is 8.90. The highest BCUT2D eigenvalue weighted by Crippen LogP contribution is 2.42. The lowest BCUT2D eigenvalue weighted by molar-refractivity contribution is -0.141. The minimum atomic E-state index is -4.67. The third-order valence-electron chi connectivity index (χ3n) is 5.39. The summed E-state index contributed by atoms with van der Waals surface area (Å²) in [6, 6.07) is 6.23. The fourth-order valence-corrected chi connectivity index (χ4v) is 4.25. The summed E-state index contributed by atoms with van der Waals surface area (Å²) in [6.07, 6.45) is -0.999. The van der Waals surface area contributed by atoms with E-state index < -0.39 is 30.0 Å². The molecule has 3 aromatic heterocycles. The zero-order valence-corrected chi connectivity index (χ0v) is 20.1. The van der Waals surface area contributed by atoms with Crippen molar-refractivity contribution in [2.75, 3.05) is 6.61 Å². The highest BCUT2D eigenvalue weighted by molar-refractivity contribution is 6.40. The number of hydrogen-bond donors (Lipinski definition) is 1. The van der Waals surface area contributed by atoms with Gasteiger partial charge in [-0.2, -0.15) is 13.2 Å². The van der Waals surface area contributed by atoms with Gasteiger partial charge in [-0.15, -0.1) is 0 Å². The summed E-state index contributed by atoms with van der Waals surface area (Å²) in [7, 11) is 1.59. The number of halogens is 7. The normalized spacial score (nSPS) is 14.2. The van der Waals surface area contributed by atoms with Crippen LogP contribution in [0.2, 0.25) is 10.2 Å². The predicted molar refractivity (Wildman–Crippen MR) is 122 cm³/mol. The molecule has 4 rings (SSSR count). The van der Waals surface area contributed by atoms with Crippen molar-refractivity contribution < 1.29 is 31.8 Å². The van der Waals surface area contributed by atoms with Crippen LogP contribution in [0.15, 0.2) is 49.1 Å². The molecular formula is C23H17Cl2F5N4O2.